The normalized spacial score (nSPS) is 15.0. The van der Waals surface area contributed by atoms with Gasteiger partial charge in [0.2, 0.25) is 0 Å². The third-order valence-corrected chi connectivity index (χ3v) is 6.79. The third-order valence-electron chi connectivity index (χ3n) is 6.79. The quantitative estimate of drug-likeness (QED) is 0.273. The van der Waals surface area contributed by atoms with Gasteiger partial charge < -0.3 is 19.6 Å². The van der Waals surface area contributed by atoms with E-state index in [-0.39, 0.29) is 5.82 Å². The minimum absolute atomic E-state index is 0.282. The Kier molecular flexibility index (Phi) is 4.47. The zero-order valence-corrected chi connectivity index (χ0v) is 18.7. The molecular formula is C28H26FN3O. The van der Waals surface area contributed by atoms with E-state index in [9.17, 15) is 0 Å². The lowest BCUT2D eigenvalue weighted by atomic mass is 10.0. The Balaban J connectivity index is 1.83. The molecule has 3 aliphatic heterocycles. The molecule has 33 heavy (non-hydrogen) atoms. The zero-order valence-electron chi connectivity index (χ0n) is 18.7. The van der Waals surface area contributed by atoms with Crippen molar-refractivity contribution in [1.29, 1.82) is 0 Å². The SMILES string of the molecule is C=c1c(/C(N)=C/CC)cn2c3cc4ccccc4cc3oc3c(N4CCCC4)c(F)cc1c3-2. The molecule has 3 heterocycles. The van der Waals surface area contributed by atoms with E-state index in [1.807, 2.05) is 37.4 Å². The molecule has 0 atom stereocenters. The highest BCUT2D eigenvalue weighted by atomic mass is 19.1. The number of halogens is 1. The van der Waals surface area contributed by atoms with E-state index < -0.39 is 0 Å². The summed E-state index contributed by atoms with van der Waals surface area (Å²) < 4.78 is 24.3. The number of aromatic nitrogens is 1. The molecule has 0 saturated carbocycles. The van der Waals surface area contributed by atoms with Crippen LogP contribution in [0.1, 0.15) is 31.7 Å². The number of rotatable bonds is 3. The topological polar surface area (TPSA) is 47.3 Å². The fourth-order valence-electron chi connectivity index (χ4n) is 5.18. The summed E-state index contributed by atoms with van der Waals surface area (Å²) in [7, 11) is 0. The molecule has 1 fully saturated rings. The second-order valence-corrected chi connectivity index (χ2v) is 8.85. The van der Waals surface area contributed by atoms with Gasteiger partial charge in [-0.25, -0.2) is 4.39 Å². The van der Waals surface area contributed by atoms with Crippen molar-refractivity contribution in [1.82, 2.24) is 4.57 Å². The Hall–Kier alpha value is -3.73. The summed E-state index contributed by atoms with van der Waals surface area (Å²) in [5.41, 5.74) is 11.4. The highest BCUT2D eigenvalue weighted by molar-refractivity contribution is 6.01. The number of hydrogen-bond acceptors (Lipinski definition) is 3. The monoisotopic (exact) mass is 439 g/mol. The van der Waals surface area contributed by atoms with Gasteiger partial charge in [0.25, 0.3) is 0 Å². The number of fused-ring (bicyclic) bond motifs is 3. The van der Waals surface area contributed by atoms with Crippen LogP contribution in [0.4, 0.5) is 10.1 Å². The van der Waals surface area contributed by atoms with Crippen LogP contribution >= 0.6 is 0 Å². The van der Waals surface area contributed by atoms with E-state index in [1.165, 1.54) is 0 Å². The van der Waals surface area contributed by atoms with Crippen molar-refractivity contribution in [2.24, 2.45) is 5.73 Å². The van der Waals surface area contributed by atoms with Gasteiger partial charge >= 0.3 is 0 Å². The minimum atomic E-state index is -0.282. The van der Waals surface area contributed by atoms with Gasteiger partial charge in [0.05, 0.1) is 11.2 Å². The number of benzene rings is 3. The van der Waals surface area contributed by atoms with Crippen LogP contribution < -0.4 is 15.9 Å². The van der Waals surface area contributed by atoms with E-state index in [2.05, 4.69) is 34.2 Å². The van der Waals surface area contributed by atoms with Crippen molar-refractivity contribution in [2.75, 3.05) is 18.0 Å². The average molecular weight is 440 g/mol. The molecule has 1 saturated heterocycles. The summed E-state index contributed by atoms with van der Waals surface area (Å²) in [5.74, 6) is -0.282. The van der Waals surface area contributed by atoms with Crippen molar-refractivity contribution in [3.63, 3.8) is 0 Å². The average Bonchev–Trinajstić information content (AvgIpc) is 3.34. The van der Waals surface area contributed by atoms with E-state index in [0.717, 1.165) is 59.9 Å². The highest BCUT2D eigenvalue weighted by Gasteiger charge is 2.27. The lowest BCUT2D eigenvalue weighted by molar-refractivity contribution is 0.606. The summed E-state index contributed by atoms with van der Waals surface area (Å²) in [4.78, 5) is 2.10. The molecule has 5 heteroatoms. The van der Waals surface area contributed by atoms with Gasteiger partial charge in [-0.1, -0.05) is 43.8 Å². The highest BCUT2D eigenvalue weighted by Crippen LogP contribution is 2.40. The molecule has 166 valence electrons. The van der Waals surface area contributed by atoms with Crippen molar-refractivity contribution in [2.45, 2.75) is 26.2 Å². The summed E-state index contributed by atoms with van der Waals surface area (Å²) >= 11 is 0. The Morgan fingerprint density at radius 2 is 1.85 bits per heavy atom. The molecule has 3 aliphatic rings. The number of nitrogens with zero attached hydrogens (tertiary/aromatic N) is 2. The molecule has 0 unspecified atom stereocenters. The first-order valence-electron chi connectivity index (χ1n) is 11.6. The molecule has 3 aromatic rings. The lowest BCUT2D eigenvalue weighted by Crippen LogP contribution is -2.23. The zero-order chi connectivity index (χ0) is 22.7. The van der Waals surface area contributed by atoms with Gasteiger partial charge in [-0.15, -0.1) is 0 Å². The second kappa shape index (κ2) is 7.41. The first kappa shape index (κ1) is 19.9. The molecule has 0 amide bonds. The van der Waals surface area contributed by atoms with Gasteiger partial charge in [0, 0.05) is 35.9 Å². The third kappa shape index (κ3) is 2.95. The van der Waals surface area contributed by atoms with Crippen LogP contribution in [0, 0.1) is 5.82 Å². The summed E-state index contributed by atoms with van der Waals surface area (Å²) in [6.07, 6.45) is 6.91. The first-order chi connectivity index (χ1) is 16.1. The molecule has 0 bridgehead atoms. The molecular weight excluding hydrogens is 413 g/mol. The van der Waals surface area contributed by atoms with Crippen molar-refractivity contribution in [3.05, 3.63) is 71.3 Å². The Morgan fingerprint density at radius 1 is 1.12 bits per heavy atom. The van der Waals surface area contributed by atoms with E-state index in [0.29, 0.717) is 33.2 Å². The number of allylic oxidation sites excluding steroid dienone is 1. The maximum absolute atomic E-state index is 15.7. The van der Waals surface area contributed by atoms with E-state index in [1.54, 1.807) is 6.07 Å². The molecule has 0 radical (unpaired) electrons. The fourth-order valence-corrected chi connectivity index (χ4v) is 5.18. The van der Waals surface area contributed by atoms with Crippen LogP contribution in [-0.2, 0) is 0 Å². The lowest BCUT2D eigenvalue weighted by Gasteiger charge is -2.26. The molecule has 0 aromatic heterocycles. The van der Waals surface area contributed by atoms with Crippen LogP contribution in [0.15, 0.2) is 59.2 Å². The Labute approximate surface area is 191 Å². The fraction of sp³-hybridized carbons (Fsp3) is 0.214. The minimum Gasteiger partial charge on any atom is -0.451 e. The van der Waals surface area contributed by atoms with Crippen molar-refractivity contribution >= 4 is 50.8 Å². The smallest absolute Gasteiger partial charge is 0.178 e. The predicted molar refractivity (Wildman–Crippen MR) is 135 cm³/mol. The second-order valence-electron chi connectivity index (χ2n) is 8.85. The maximum atomic E-state index is 15.7. The summed E-state index contributed by atoms with van der Waals surface area (Å²) in [6, 6.07) is 14.0. The first-order valence-corrected chi connectivity index (χ1v) is 11.6. The molecule has 0 spiro atoms. The van der Waals surface area contributed by atoms with E-state index in [4.69, 9.17) is 10.2 Å². The summed E-state index contributed by atoms with van der Waals surface area (Å²) in [5, 5.41) is 3.62. The largest absolute Gasteiger partial charge is 0.451 e. The standard InChI is InChI=1S/C28H26FN3O/c1-3-8-23(30)21-16-32-24-13-18-9-4-5-10-19(18)14-25(24)33-28-26(32)20(17(21)2)15-22(29)27(28)31-11-6-7-12-31/h4-5,8-10,13-16H,2-3,6-7,11-12,30H2,1H3/b23-8-. The van der Waals surface area contributed by atoms with Gasteiger partial charge in [0.15, 0.2) is 17.0 Å². The predicted octanol–water partition coefficient (Wildman–Crippen LogP) is 6.11. The van der Waals surface area contributed by atoms with Crippen molar-refractivity contribution < 1.29 is 8.81 Å². The number of nitrogens with two attached hydrogens (primary N) is 1. The van der Waals surface area contributed by atoms with Crippen LogP contribution in [0.3, 0.4) is 0 Å². The number of hydrogen-bond donors (Lipinski definition) is 1. The van der Waals surface area contributed by atoms with Crippen LogP contribution in [0.2, 0.25) is 0 Å². The summed E-state index contributed by atoms with van der Waals surface area (Å²) in [6.45, 7) is 7.99. The van der Waals surface area contributed by atoms with Gasteiger partial charge in [-0.2, -0.15) is 0 Å². The number of pyridine rings is 1. The van der Waals surface area contributed by atoms with Gasteiger partial charge in [0.1, 0.15) is 5.69 Å². The van der Waals surface area contributed by atoms with E-state index >= 15 is 4.39 Å². The number of anilines is 1. The van der Waals surface area contributed by atoms with Crippen LogP contribution in [-0.4, -0.2) is 17.7 Å². The molecule has 3 aromatic carbocycles. The van der Waals surface area contributed by atoms with Gasteiger partial charge in [-0.05, 0) is 53.5 Å². The molecule has 4 nitrogen and oxygen atoms in total. The van der Waals surface area contributed by atoms with Crippen molar-refractivity contribution in [3.8, 4) is 5.69 Å². The molecule has 6 rings (SSSR count). The Morgan fingerprint density at radius 3 is 2.58 bits per heavy atom. The Bertz CT molecular complexity index is 1600. The van der Waals surface area contributed by atoms with Crippen LogP contribution in [0.5, 0.6) is 0 Å². The van der Waals surface area contributed by atoms with Gasteiger partial charge in [-0.3, -0.25) is 0 Å². The molecule has 0 aliphatic carbocycles. The maximum Gasteiger partial charge on any atom is 0.178 e. The van der Waals surface area contributed by atoms with Crippen LogP contribution in [0.25, 0.3) is 50.8 Å². The molecule has 2 N–H and O–H groups in total.